The quantitative estimate of drug-likeness (QED) is 0.530. The molecule has 0 radical (unpaired) electrons. The van der Waals surface area contributed by atoms with Crippen molar-refractivity contribution in [3.05, 3.63) is 24.9 Å². The van der Waals surface area contributed by atoms with Gasteiger partial charge in [-0.05, 0) is 12.5 Å². The molecule has 0 aliphatic heterocycles. The highest BCUT2D eigenvalue weighted by molar-refractivity contribution is 7.89. The largest absolute Gasteiger partial charge is 0.266 e. The molecule has 0 saturated heterocycles. The Hall–Kier alpha value is -1.14. The molecule has 0 fully saturated rings. The zero-order chi connectivity index (χ0) is 9.73. The maximum absolute atomic E-state index is 11.4. The van der Waals surface area contributed by atoms with Crippen LogP contribution in [0.3, 0.4) is 0 Å². The van der Waals surface area contributed by atoms with Gasteiger partial charge in [0.2, 0.25) is 0 Å². The highest BCUT2D eigenvalue weighted by Gasteiger charge is 2.13. The van der Waals surface area contributed by atoms with Crippen LogP contribution in [-0.4, -0.2) is 25.2 Å². The molecule has 1 aromatic heterocycles. The Morgan fingerprint density at radius 1 is 1.69 bits per heavy atom. The number of H-pyrrole nitrogens is 1. The van der Waals surface area contributed by atoms with E-state index in [1.807, 2.05) is 0 Å². The second-order valence-corrected chi connectivity index (χ2v) is 4.13. The molecule has 0 saturated carbocycles. The van der Waals surface area contributed by atoms with E-state index in [9.17, 15) is 8.42 Å². The number of hydrogen-bond acceptors (Lipinski definition) is 3. The first-order valence-corrected chi connectivity index (χ1v) is 5.25. The third-order valence-electron chi connectivity index (χ3n) is 1.41. The molecule has 1 heterocycles. The Kier molecular flexibility index (Phi) is 3.21. The summed E-state index contributed by atoms with van der Waals surface area (Å²) in [5.74, 6) is 0. The minimum absolute atomic E-state index is 0.0802. The van der Waals surface area contributed by atoms with Crippen LogP contribution in [0, 0.1) is 0 Å². The van der Waals surface area contributed by atoms with E-state index in [1.165, 1.54) is 12.3 Å². The molecule has 0 spiro atoms. The van der Waals surface area contributed by atoms with Gasteiger partial charge < -0.3 is 0 Å². The molecule has 0 aliphatic rings. The zero-order valence-corrected chi connectivity index (χ0v) is 7.84. The SMILES string of the molecule is C=CCCNS(=O)(=O)c1ccn[nH]1. The van der Waals surface area contributed by atoms with Gasteiger partial charge in [-0.25, -0.2) is 13.1 Å². The normalized spacial score (nSPS) is 11.4. The van der Waals surface area contributed by atoms with Crippen LogP contribution in [0.4, 0.5) is 0 Å². The summed E-state index contributed by atoms with van der Waals surface area (Å²) < 4.78 is 25.1. The molecule has 0 atom stereocenters. The van der Waals surface area contributed by atoms with Crippen molar-refractivity contribution < 1.29 is 8.42 Å². The van der Waals surface area contributed by atoms with Crippen molar-refractivity contribution in [1.82, 2.24) is 14.9 Å². The standard InChI is InChI=1S/C7H11N3O2S/c1-2-3-5-9-13(11,12)7-4-6-8-10-7/h2,4,6,9H,1,3,5H2,(H,8,10). The highest BCUT2D eigenvalue weighted by atomic mass is 32.2. The van der Waals surface area contributed by atoms with Gasteiger partial charge in [0.05, 0.1) is 6.20 Å². The summed E-state index contributed by atoms with van der Waals surface area (Å²) in [6.45, 7) is 3.84. The Morgan fingerprint density at radius 3 is 3.00 bits per heavy atom. The van der Waals surface area contributed by atoms with Gasteiger partial charge in [-0.2, -0.15) is 5.10 Å². The fraction of sp³-hybridized carbons (Fsp3) is 0.286. The summed E-state index contributed by atoms with van der Waals surface area (Å²) in [5.41, 5.74) is 0. The summed E-state index contributed by atoms with van der Waals surface area (Å²) in [4.78, 5) is 0. The van der Waals surface area contributed by atoms with Crippen LogP contribution in [0.25, 0.3) is 0 Å². The zero-order valence-electron chi connectivity index (χ0n) is 7.03. The van der Waals surface area contributed by atoms with Crippen molar-refractivity contribution in [1.29, 1.82) is 0 Å². The predicted octanol–water partition coefficient (Wildman–Crippen LogP) is 0.264. The van der Waals surface area contributed by atoms with Crippen molar-refractivity contribution in [2.45, 2.75) is 11.4 Å². The lowest BCUT2D eigenvalue weighted by atomic mass is 10.4. The topological polar surface area (TPSA) is 74.8 Å². The summed E-state index contributed by atoms with van der Waals surface area (Å²) in [6, 6.07) is 1.40. The summed E-state index contributed by atoms with van der Waals surface area (Å²) >= 11 is 0. The van der Waals surface area contributed by atoms with Crippen LogP contribution in [0.5, 0.6) is 0 Å². The number of aromatic nitrogens is 2. The Balaban J connectivity index is 2.62. The van der Waals surface area contributed by atoms with Gasteiger partial charge in [0.15, 0.2) is 5.03 Å². The van der Waals surface area contributed by atoms with Gasteiger partial charge in [-0.1, -0.05) is 6.08 Å². The third-order valence-corrected chi connectivity index (χ3v) is 2.80. The van der Waals surface area contributed by atoms with E-state index in [0.29, 0.717) is 13.0 Å². The summed E-state index contributed by atoms with van der Waals surface area (Å²) in [5, 5.41) is 6.01. The maximum atomic E-state index is 11.4. The molecule has 72 valence electrons. The average molecular weight is 201 g/mol. The lowest BCUT2D eigenvalue weighted by Gasteiger charge is -2.01. The second-order valence-electron chi connectivity index (χ2n) is 2.40. The predicted molar refractivity (Wildman–Crippen MR) is 48.6 cm³/mol. The smallest absolute Gasteiger partial charge is 0.257 e. The van der Waals surface area contributed by atoms with Gasteiger partial charge in [-0.3, -0.25) is 5.10 Å². The van der Waals surface area contributed by atoms with Gasteiger partial charge in [0, 0.05) is 6.54 Å². The Bertz CT molecular complexity index is 355. The van der Waals surface area contributed by atoms with Crippen LogP contribution in [-0.2, 0) is 10.0 Å². The molecule has 1 rings (SSSR count). The maximum Gasteiger partial charge on any atom is 0.257 e. The summed E-state index contributed by atoms with van der Waals surface area (Å²) in [6.07, 6.45) is 3.64. The average Bonchev–Trinajstić information content (AvgIpc) is 2.56. The van der Waals surface area contributed by atoms with Crippen LogP contribution >= 0.6 is 0 Å². The minimum atomic E-state index is -3.41. The molecule has 1 aromatic rings. The van der Waals surface area contributed by atoms with Crippen LogP contribution < -0.4 is 4.72 Å². The van der Waals surface area contributed by atoms with E-state index in [1.54, 1.807) is 6.08 Å². The molecule has 0 aromatic carbocycles. The van der Waals surface area contributed by atoms with E-state index >= 15 is 0 Å². The first-order valence-electron chi connectivity index (χ1n) is 3.77. The molecular formula is C7H11N3O2S. The van der Waals surface area contributed by atoms with Crippen molar-refractivity contribution in [3.63, 3.8) is 0 Å². The molecule has 2 N–H and O–H groups in total. The Morgan fingerprint density at radius 2 is 2.46 bits per heavy atom. The molecular weight excluding hydrogens is 190 g/mol. The van der Waals surface area contributed by atoms with Crippen molar-refractivity contribution >= 4 is 10.0 Å². The van der Waals surface area contributed by atoms with Crippen molar-refractivity contribution in [3.8, 4) is 0 Å². The second kappa shape index (κ2) is 4.20. The third kappa shape index (κ3) is 2.67. The molecule has 0 bridgehead atoms. The van der Waals surface area contributed by atoms with Crippen LogP contribution in [0.2, 0.25) is 0 Å². The van der Waals surface area contributed by atoms with Gasteiger partial charge in [0.1, 0.15) is 0 Å². The fourth-order valence-electron chi connectivity index (χ4n) is 0.766. The van der Waals surface area contributed by atoms with E-state index < -0.39 is 10.0 Å². The highest BCUT2D eigenvalue weighted by Crippen LogP contribution is 2.01. The fourth-order valence-corrected chi connectivity index (χ4v) is 1.72. The van der Waals surface area contributed by atoms with E-state index in [2.05, 4.69) is 21.5 Å². The minimum Gasteiger partial charge on any atom is -0.266 e. The number of nitrogens with one attached hydrogen (secondary N) is 2. The number of aromatic amines is 1. The number of sulfonamides is 1. The van der Waals surface area contributed by atoms with E-state index in [-0.39, 0.29) is 5.03 Å². The molecule has 0 amide bonds. The Labute approximate surface area is 76.9 Å². The number of rotatable bonds is 5. The number of nitrogens with zero attached hydrogens (tertiary/aromatic N) is 1. The monoisotopic (exact) mass is 201 g/mol. The number of hydrogen-bond donors (Lipinski definition) is 2. The van der Waals surface area contributed by atoms with Crippen molar-refractivity contribution in [2.75, 3.05) is 6.54 Å². The molecule has 0 aliphatic carbocycles. The lowest BCUT2D eigenvalue weighted by molar-refractivity contribution is 0.578. The van der Waals surface area contributed by atoms with Gasteiger partial charge >= 0.3 is 0 Å². The van der Waals surface area contributed by atoms with Gasteiger partial charge in [0.25, 0.3) is 10.0 Å². The van der Waals surface area contributed by atoms with Crippen molar-refractivity contribution in [2.24, 2.45) is 0 Å². The molecule has 0 unspecified atom stereocenters. The van der Waals surface area contributed by atoms with Crippen LogP contribution in [0.15, 0.2) is 29.9 Å². The molecule has 6 heteroatoms. The molecule has 5 nitrogen and oxygen atoms in total. The van der Waals surface area contributed by atoms with Gasteiger partial charge in [-0.15, -0.1) is 6.58 Å². The lowest BCUT2D eigenvalue weighted by Crippen LogP contribution is -2.24. The molecule has 13 heavy (non-hydrogen) atoms. The summed E-state index contributed by atoms with van der Waals surface area (Å²) in [7, 11) is -3.41. The van der Waals surface area contributed by atoms with E-state index in [0.717, 1.165) is 0 Å². The first kappa shape index (κ1) is 9.94. The first-order chi connectivity index (χ1) is 6.17. The van der Waals surface area contributed by atoms with E-state index in [4.69, 9.17) is 0 Å². The van der Waals surface area contributed by atoms with Crippen LogP contribution in [0.1, 0.15) is 6.42 Å².